The quantitative estimate of drug-likeness (QED) is 0.694. The van der Waals surface area contributed by atoms with E-state index < -0.39 is 0 Å². The van der Waals surface area contributed by atoms with Gasteiger partial charge in [0.25, 0.3) is 0 Å². The van der Waals surface area contributed by atoms with E-state index in [1.54, 1.807) is 6.26 Å². The normalized spacial score (nSPS) is 22.3. The third-order valence-corrected chi connectivity index (χ3v) is 3.00. The third-order valence-electron chi connectivity index (χ3n) is 3.00. The molecule has 0 bridgehead atoms. The van der Waals surface area contributed by atoms with Gasteiger partial charge in [0.15, 0.2) is 0 Å². The lowest BCUT2D eigenvalue weighted by Crippen LogP contribution is -2.37. The Morgan fingerprint density at radius 2 is 2.38 bits per heavy atom. The average molecular weight is 179 g/mol. The van der Waals surface area contributed by atoms with E-state index in [2.05, 4.69) is 24.8 Å². The predicted molar refractivity (Wildman–Crippen MR) is 52.4 cm³/mol. The minimum absolute atomic E-state index is 0.354. The van der Waals surface area contributed by atoms with E-state index in [4.69, 9.17) is 4.42 Å². The van der Waals surface area contributed by atoms with Crippen molar-refractivity contribution in [3.63, 3.8) is 0 Å². The summed E-state index contributed by atoms with van der Waals surface area (Å²) in [4.78, 5) is 2.49. The van der Waals surface area contributed by atoms with Crippen molar-refractivity contribution in [3.8, 4) is 0 Å². The number of furan rings is 1. The van der Waals surface area contributed by atoms with E-state index in [1.165, 1.54) is 19.4 Å². The highest BCUT2D eigenvalue weighted by Gasteiger charge is 2.31. The second kappa shape index (κ2) is 3.18. The summed E-state index contributed by atoms with van der Waals surface area (Å²) in [5, 5.41) is 0. The molecule has 0 aliphatic carbocycles. The number of nitrogens with zero attached hydrogens (tertiary/aromatic N) is 1. The minimum atomic E-state index is 0.354. The first-order valence-electron chi connectivity index (χ1n) is 4.96. The van der Waals surface area contributed by atoms with E-state index in [0.29, 0.717) is 5.54 Å². The van der Waals surface area contributed by atoms with Gasteiger partial charge in [-0.3, -0.25) is 4.90 Å². The molecule has 0 unspecified atom stereocenters. The summed E-state index contributed by atoms with van der Waals surface area (Å²) in [5.41, 5.74) is 0.354. The molecule has 0 aromatic carbocycles. The summed E-state index contributed by atoms with van der Waals surface area (Å²) >= 11 is 0. The number of likely N-dealkylation sites (tertiary alicyclic amines) is 1. The molecule has 1 aromatic rings. The van der Waals surface area contributed by atoms with Crippen molar-refractivity contribution < 1.29 is 4.42 Å². The van der Waals surface area contributed by atoms with E-state index in [-0.39, 0.29) is 0 Å². The molecule has 0 amide bonds. The predicted octanol–water partition coefficient (Wildman–Crippen LogP) is 2.65. The van der Waals surface area contributed by atoms with Gasteiger partial charge in [0.05, 0.1) is 12.8 Å². The Labute approximate surface area is 79.5 Å². The molecule has 1 aromatic heterocycles. The third kappa shape index (κ3) is 1.78. The molecule has 0 radical (unpaired) electrons. The highest BCUT2D eigenvalue weighted by molar-refractivity contribution is 5.00. The summed E-state index contributed by atoms with van der Waals surface area (Å²) in [5.74, 6) is 1.08. The zero-order valence-electron chi connectivity index (χ0n) is 8.42. The fraction of sp³-hybridized carbons (Fsp3) is 0.636. The molecule has 1 aliphatic rings. The molecule has 2 nitrogen and oxygen atoms in total. The van der Waals surface area contributed by atoms with Gasteiger partial charge in [-0.15, -0.1) is 0 Å². The molecule has 0 saturated carbocycles. The molecule has 1 fully saturated rings. The minimum Gasteiger partial charge on any atom is -0.468 e. The summed E-state index contributed by atoms with van der Waals surface area (Å²) in [6.45, 7) is 6.78. The molecule has 2 heterocycles. The molecule has 13 heavy (non-hydrogen) atoms. The zero-order chi connectivity index (χ0) is 9.31. The van der Waals surface area contributed by atoms with Crippen LogP contribution in [-0.2, 0) is 6.54 Å². The van der Waals surface area contributed by atoms with E-state index >= 15 is 0 Å². The summed E-state index contributed by atoms with van der Waals surface area (Å²) in [7, 11) is 0. The Morgan fingerprint density at radius 3 is 2.92 bits per heavy atom. The molecule has 0 spiro atoms. The van der Waals surface area contributed by atoms with Crippen LogP contribution >= 0.6 is 0 Å². The highest BCUT2D eigenvalue weighted by atomic mass is 16.3. The van der Waals surface area contributed by atoms with Crippen molar-refractivity contribution >= 4 is 0 Å². The van der Waals surface area contributed by atoms with Crippen LogP contribution in [0, 0.1) is 0 Å². The van der Waals surface area contributed by atoms with Crippen LogP contribution in [0.15, 0.2) is 22.8 Å². The summed E-state index contributed by atoms with van der Waals surface area (Å²) in [6.07, 6.45) is 4.36. The molecule has 72 valence electrons. The van der Waals surface area contributed by atoms with Crippen LogP contribution in [0.3, 0.4) is 0 Å². The molecule has 1 saturated heterocycles. The van der Waals surface area contributed by atoms with Gasteiger partial charge in [-0.1, -0.05) is 0 Å². The lowest BCUT2D eigenvalue weighted by Gasteiger charge is -2.30. The van der Waals surface area contributed by atoms with Crippen LogP contribution in [0.4, 0.5) is 0 Å². The molecule has 1 aliphatic heterocycles. The Morgan fingerprint density at radius 1 is 1.54 bits per heavy atom. The van der Waals surface area contributed by atoms with Crippen molar-refractivity contribution in [1.29, 1.82) is 0 Å². The van der Waals surface area contributed by atoms with Gasteiger partial charge in [-0.25, -0.2) is 0 Å². The van der Waals surface area contributed by atoms with Crippen molar-refractivity contribution in [2.24, 2.45) is 0 Å². The second-order valence-corrected chi connectivity index (χ2v) is 4.42. The fourth-order valence-electron chi connectivity index (χ4n) is 2.05. The fourth-order valence-corrected chi connectivity index (χ4v) is 2.05. The van der Waals surface area contributed by atoms with E-state index in [1.807, 2.05) is 6.07 Å². The van der Waals surface area contributed by atoms with Gasteiger partial charge >= 0.3 is 0 Å². The Bertz CT molecular complexity index is 264. The molecule has 0 N–H and O–H groups in total. The molecule has 2 heteroatoms. The van der Waals surface area contributed by atoms with Crippen molar-refractivity contribution in [2.45, 2.75) is 38.8 Å². The molecular formula is C11H17NO. The monoisotopic (exact) mass is 179 g/mol. The maximum Gasteiger partial charge on any atom is 0.117 e. The SMILES string of the molecule is CC1(C)CCCN1Cc1ccco1. The Balaban J connectivity index is 2.02. The maximum absolute atomic E-state index is 5.35. The topological polar surface area (TPSA) is 16.4 Å². The number of hydrogen-bond acceptors (Lipinski definition) is 2. The van der Waals surface area contributed by atoms with Crippen LogP contribution in [0.2, 0.25) is 0 Å². The van der Waals surface area contributed by atoms with Crippen LogP contribution in [0.1, 0.15) is 32.4 Å². The van der Waals surface area contributed by atoms with Gasteiger partial charge in [-0.2, -0.15) is 0 Å². The summed E-state index contributed by atoms with van der Waals surface area (Å²) < 4.78 is 5.35. The van der Waals surface area contributed by atoms with Crippen molar-refractivity contribution in [2.75, 3.05) is 6.54 Å². The molecule has 0 atom stereocenters. The molecule has 2 rings (SSSR count). The second-order valence-electron chi connectivity index (χ2n) is 4.42. The zero-order valence-corrected chi connectivity index (χ0v) is 8.42. The van der Waals surface area contributed by atoms with Gasteiger partial charge in [0.2, 0.25) is 0 Å². The van der Waals surface area contributed by atoms with Crippen molar-refractivity contribution in [1.82, 2.24) is 4.90 Å². The van der Waals surface area contributed by atoms with Crippen LogP contribution in [0.25, 0.3) is 0 Å². The first-order valence-corrected chi connectivity index (χ1v) is 4.96. The van der Waals surface area contributed by atoms with Crippen LogP contribution in [0.5, 0.6) is 0 Å². The lowest BCUT2D eigenvalue weighted by atomic mass is 10.0. The number of rotatable bonds is 2. The van der Waals surface area contributed by atoms with Crippen LogP contribution < -0.4 is 0 Å². The standard InChI is InChI=1S/C11H17NO/c1-11(2)6-4-7-12(11)9-10-5-3-8-13-10/h3,5,8H,4,6-7,9H2,1-2H3. The molecular weight excluding hydrogens is 162 g/mol. The first-order chi connectivity index (χ1) is 6.18. The first kappa shape index (κ1) is 8.82. The smallest absolute Gasteiger partial charge is 0.117 e. The maximum atomic E-state index is 5.35. The highest BCUT2D eigenvalue weighted by Crippen LogP contribution is 2.29. The van der Waals surface area contributed by atoms with Gasteiger partial charge in [0.1, 0.15) is 5.76 Å². The summed E-state index contributed by atoms with van der Waals surface area (Å²) in [6, 6.07) is 4.01. The Hall–Kier alpha value is -0.760. The van der Waals surface area contributed by atoms with Gasteiger partial charge in [-0.05, 0) is 45.4 Å². The van der Waals surface area contributed by atoms with E-state index in [0.717, 1.165) is 12.3 Å². The average Bonchev–Trinajstić information content (AvgIpc) is 2.63. The van der Waals surface area contributed by atoms with Crippen molar-refractivity contribution in [3.05, 3.63) is 24.2 Å². The van der Waals surface area contributed by atoms with E-state index in [9.17, 15) is 0 Å². The van der Waals surface area contributed by atoms with Gasteiger partial charge in [0, 0.05) is 5.54 Å². The Kier molecular flexibility index (Phi) is 2.16. The van der Waals surface area contributed by atoms with Crippen LogP contribution in [-0.4, -0.2) is 17.0 Å². The lowest BCUT2D eigenvalue weighted by molar-refractivity contribution is 0.154. The largest absolute Gasteiger partial charge is 0.468 e. The number of hydrogen-bond donors (Lipinski definition) is 0. The van der Waals surface area contributed by atoms with Gasteiger partial charge < -0.3 is 4.42 Å².